The van der Waals surface area contributed by atoms with Gasteiger partial charge in [-0.15, -0.1) is 0 Å². The van der Waals surface area contributed by atoms with E-state index < -0.39 is 9.73 Å². The van der Waals surface area contributed by atoms with Crippen molar-refractivity contribution in [3.05, 3.63) is 28.7 Å². The first-order valence-corrected chi connectivity index (χ1v) is 6.14. The van der Waals surface area contributed by atoms with Gasteiger partial charge in [-0.25, -0.2) is 8.57 Å². The number of benzene rings is 1. The first-order chi connectivity index (χ1) is 5.56. The molecule has 0 aliphatic rings. The minimum Gasteiger partial charge on any atom is -0.245 e. The van der Waals surface area contributed by atoms with Gasteiger partial charge in [0.1, 0.15) is 0 Å². The molecule has 0 fully saturated rings. The van der Waals surface area contributed by atoms with Crippen LogP contribution < -0.4 is 0 Å². The Kier molecular flexibility index (Phi) is 2.90. The largest absolute Gasteiger partial charge is 0.245 e. The Labute approximate surface area is 81.3 Å². The molecule has 0 bridgehead atoms. The highest BCUT2D eigenvalue weighted by molar-refractivity contribution is 9.10. The van der Waals surface area contributed by atoms with E-state index in [0.29, 0.717) is 0 Å². The van der Waals surface area contributed by atoms with E-state index in [1.54, 1.807) is 13.3 Å². The van der Waals surface area contributed by atoms with E-state index in [1.165, 1.54) is 0 Å². The maximum absolute atomic E-state index is 11.7. The second kappa shape index (κ2) is 3.58. The van der Waals surface area contributed by atoms with Crippen LogP contribution in [0.2, 0.25) is 0 Å². The monoisotopic (exact) mass is 247 g/mol. The molecule has 0 aliphatic carbocycles. The molecule has 0 radical (unpaired) electrons. The lowest BCUT2D eigenvalue weighted by Gasteiger charge is -2.01. The Morgan fingerprint density at radius 1 is 1.33 bits per heavy atom. The molecule has 1 rings (SSSR count). The van der Waals surface area contributed by atoms with Gasteiger partial charge in [-0.05, 0) is 24.3 Å². The van der Waals surface area contributed by atoms with Crippen LogP contribution in [0.25, 0.3) is 0 Å². The first-order valence-electron chi connectivity index (χ1n) is 3.42. The Hall–Kier alpha value is -0.350. The average Bonchev–Trinajstić information content (AvgIpc) is 2.05. The van der Waals surface area contributed by atoms with E-state index in [9.17, 15) is 4.21 Å². The van der Waals surface area contributed by atoms with Gasteiger partial charge < -0.3 is 0 Å². The lowest BCUT2D eigenvalue weighted by atomic mass is 10.4. The van der Waals surface area contributed by atoms with Gasteiger partial charge in [-0.3, -0.25) is 0 Å². The molecule has 0 saturated carbocycles. The molecule has 2 nitrogen and oxygen atoms in total. The minimum absolute atomic E-state index is 0.771. The molecule has 4 heteroatoms. The Morgan fingerprint density at radius 3 is 2.25 bits per heavy atom. The molecule has 66 valence electrons. The van der Waals surface area contributed by atoms with Crippen LogP contribution >= 0.6 is 15.9 Å². The van der Waals surface area contributed by atoms with Crippen LogP contribution in [0.3, 0.4) is 0 Å². The van der Waals surface area contributed by atoms with Crippen LogP contribution in [0.1, 0.15) is 0 Å². The second-order valence-electron chi connectivity index (χ2n) is 2.44. The number of halogens is 1. The van der Waals surface area contributed by atoms with Crippen LogP contribution in [0, 0.1) is 0 Å². The summed E-state index contributed by atoms with van der Waals surface area (Å²) in [7, 11) is -0.587. The van der Waals surface area contributed by atoms with Crippen molar-refractivity contribution in [2.45, 2.75) is 4.90 Å². The van der Waals surface area contributed by atoms with Crippen molar-refractivity contribution in [2.24, 2.45) is 4.36 Å². The molecule has 0 aliphatic heterocycles. The zero-order valence-corrected chi connectivity index (χ0v) is 9.35. The molecule has 1 aromatic rings. The van der Waals surface area contributed by atoms with E-state index in [0.717, 1.165) is 9.37 Å². The first kappa shape index (κ1) is 9.74. The zero-order chi connectivity index (χ0) is 9.19. The minimum atomic E-state index is -2.16. The van der Waals surface area contributed by atoms with Gasteiger partial charge in [0.15, 0.2) is 0 Å². The Bertz CT molecular complexity index is 377. The Morgan fingerprint density at radius 2 is 1.83 bits per heavy atom. The number of hydrogen-bond donors (Lipinski definition) is 0. The lowest BCUT2D eigenvalue weighted by molar-refractivity contribution is 0.680. The molecule has 0 N–H and O–H groups in total. The van der Waals surface area contributed by atoms with Gasteiger partial charge in [0, 0.05) is 22.7 Å². The summed E-state index contributed by atoms with van der Waals surface area (Å²) in [5.74, 6) is 0. The third-order valence-corrected chi connectivity index (χ3v) is 3.97. The predicted molar refractivity (Wildman–Crippen MR) is 54.8 cm³/mol. The van der Waals surface area contributed by atoms with E-state index in [1.807, 2.05) is 24.3 Å². The van der Waals surface area contributed by atoms with Crippen molar-refractivity contribution in [1.29, 1.82) is 0 Å². The maximum atomic E-state index is 11.7. The normalized spacial score (nSPS) is 15.2. The fraction of sp³-hybridized carbons (Fsp3) is 0.250. The van der Waals surface area contributed by atoms with Crippen LogP contribution in [0.5, 0.6) is 0 Å². The highest BCUT2D eigenvalue weighted by Gasteiger charge is 2.02. The molecule has 0 saturated heterocycles. The third-order valence-electron chi connectivity index (χ3n) is 1.60. The number of hydrogen-bond acceptors (Lipinski definition) is 2. The van der Waals surface area contributed by atoms with Crippen LogP contribution in [-0.2, 0) is 9.73 Å². The molecular weight excluding hydrogens is 238 g/mol. The van der Waals surface area contributed by atoms with Crippen molar-refractivity contribution in [2.75, 3.05) is 13.3 Å². The van der Waals surface area contributed by atoms with E-state index in [2.05, 4.69) is 20.3 Å². The van der Waals surface area contributed by atoms with Crippen molar-refractivity contribution in [1.82, 2.24) is 0 Å². The molecule has 0 heterocycles. The van der Waals surface area contributed by atoms with Gasteiger partial charge >= 0.3 is 0 Å². The van der Waals surface area contributed by atoms with Gasteiger partial charge in [0.05, 0.1) is 9.73 Å². The number of nitrogens with zero attached hydrogens (tertiary/aromatic N) is 1. The maximum Gasteiger partial charge on any atom is 0.0720 e. The van der Waals surface area contributed by atoms with E-state index >= 15 is 0 Å². The molecule has 1 aromatic carbocycles. The molecular formula is C8H10BrNOS. The summed E-state index contributed by atoms with van der Waals surface area (Å²) in [6.07, 6.45) is 1.64. The average molecular weight is 248 g/mol. The van der Waals surface area contributed by atoms with E-state index in [-0.39, 0.29) is 0 Å². The molecule has 0 aromatic heterocycles. The molecule has 0 unspecified atom stereocenters. The van der Waals surface area contributed by atoms with E-state index in [4.69, 9.17) is 0 Å². The van der Waals surface area contributed by atoms with Crippen molar-refractivity contribution in [3.8, 4) is 0 Å². The summed E-state index contributed by atoms with van der Waals surface area (Å²) in [5, 5.41) is 0. The summed E-state index contributed by atoms with van der Waals surface area (Å²) in [6, 6.07) is 7.37. The van der Waals surface area contributed by atoms with Crippen molar-refractivity contribution in [3.63, 3.8) is 0 Å². The van der Waals surface area contributed by atoms with Crippen molar-refractivity contribution >= 4 is 25.7 Å². The van der Waals surface area contributed by atoms with Gasteiger partial charge in [0.25, 0.3) is 0 Å². The predicted octanol–water partition coefficient (Wildman–Crippen LogP) is 2.54. The summed E-state index contributed by atoms with van der Waals surface area (Å²) >= 11 is 3.31. The standard InChI is InChI=1S/C8H10BrNOS/c1-10-12(2,11)8-5-3-7(9)4-6-8/h3-6H,1-2H3/t12-/m1/s1. The quantitative estimate of drug-likeness (QED) is 0.750. The smallest absolute Gasteiger partial charge is 0.0720 e. The fourth-order valence-electron chi connectivity index (χ4n) is 0.793. The van der Waals surface area contributed by atoms with Gasteiger partial charge in [0.2, 0.25) is 0 Å². The fourth-order valence-corrected chi connectivity index (χ4v) is 1.91. The number of rotatable bonds is 1. The SMILES string of the molecule is CN=[S@](C)(=O)c1ccc(Br)cc1. The summed E-state index contributed by atoms with van der Waals surface area (Å²) in [6.45, 7) is 0. The third kappa shape index (κ3) is 2.08. The van der Waals surface area contributed by atoms with Gasteiger partial charge in [-0.1, -0.05) is 15.9 Å². The van der Waals surface area contributed by atoms with Gasteiger partial charge in [-0.2, -0.15) is 0 Å². The highest BCUT2D eigenvalue weighted by atomic mass is 79.9. The lowest BCUT2D eigenvalue weighted by Crippen LogP contribution is -1.95. The van der Waals surface area contributed by atoms with Crippen LogP contribution in [0.15, 0.2) is 38.0 Å². The molecule has 0 amide bonds. The highest BCUT2D eigenvalue weighted by Crippen LogP contribution is 2.15. The molecule has 0 spiro atoms. The summed E-state index contributed by atoms with van der Waals surface area (Å²) in [4.78, 5) is 0.771. The van der Waals surface area contributed by atoms with Crippen molar-refractivity contribution < 1.29 is 4.21 Å². The topological polar surface area (TPSA) is 29.4 Å². The second-order valence-corrected chi connectivity index (χ2v) is 5.80. The summed E-state index contributed by atoms with van der Waals surface area (Å²) in [5.41, 5.74) is 0. The molecule has 12 heavy (non-hydrogen) atoms. The Balaban J connectivity index is 3.24. The summed E-state index contributed by atoms with van der Waals surface area (Å²) < 4.78 is 16.5. The zero-order valence-electron chi connectivity index (χ0n) is 6.95. The van der Waals surface area contributed by atoms with Crippen LogP contribution in [0.4, 0.5) is 0 Å². The molecule has 1 atom stereocenters. The van der Waals surface area contributed by atoms with Crippen LogP contribution in [-0.4, -0.2) is 17.5 Å².